The van der Waals surface area contributed by atoms with Crippen LogP contribution in [0.4, 0.5) is 5.82 Å². The van der Waals surface area contributed by atoms with E-state index in [4.69, 9.17) is 4.74 Å². The Balaban J connectivity index is 1.57. The first-order valence-corrected chi connectivity index (χ1v) is 8.44. The molecule has 122 valence electrons. The van der Waals surface area contributed by atoms with Crippen molar-refractivity contribution in [3.8, 4) is 0 Å². The summed E-state index contributed by atoms with van der Waals surface area (Å²) < 4.78 is 5.97. The van der Waals surface area contributed by atoms with Crippen molar-refractivity contribution in [2.24, 2.45) is 0 Å². The quantitative estimate of drug-likeness (QED) is 0.783. The molecule has 0 saturated carbocycles. The van der Waals surface area contributed by atoms with Gasteiger partial charge in [-0.1, -0.05) is 42.5 Å². The number of aromatic nitrogens is 2. The van der Waals surface area contributed by atoms with Gasteiger partial charge in [-0.05, 0) is 37.0 Å². The van der Waals surface area contributed by atoms with E-state index in [0.717, 1.165) is 36.2 Å². The maximum Gasteiger partial charge on any atom is 0.137 e. The molecule has 0 amide bonds. The molecule has 4 heteroatoms. The highest BCUT2D eigenvalue weighted by molar-refractivity contribution is 5.91. The molecule has 1 saturated heterocycles. The lowest BCUT2D eigenvalue weighted by molar-refractivity contribution is 0.00976. The van der Waals surface area contributed by atoms with Gasteiger partial charge in [0.25, 0.3) is 0 Å². The maximum absolute atomic E-state index is 5.97. The fourth-order valence-electron chi connectivity index (χ4n) is 3.41. The molecular formula is C20H21N3O. The monoisotopic (exact) mass is 319 g/mol. The number of rotatable bonds is 3. The molecule has 1 aliphatic heterocycles. The molecule has 0 radical (unpaired) electrons. The number of anilines is 1. The SMILES string of the molecule is Cc1cccc2ncnc(NC3CCOC(c4ccccc4)C3)c12. The zero-order chi connectivity index (χ0) is 16.4. The lowest BCUT2D eigenvalue weighted by Crippen LogP contribution is -2.30. The summed E-state index contributed by atoms with van der Waals surface area (Å²) in [6, 6.07) is 17.0. The standard InChI is InChI=1S/C20H21N3O/c1-14-6-5-9-17-19(14)20(22-13-21-17)23-16-10-11-24-18(12-16)15-7-3-2-4-8-15/h2-9,13,16,18H,10-12H2,1H3,(H,21,22,23). The van der Waals surface area contributed by atoms with Gasteiger partial charge in [-0.2, -0.15) is 0 Å². The maximum atomic E-state index is 5.97. The second-order valence-corrected chi connectivity index (χ2v) is 6.33. The van der Waals surface area contributed by atoms with Gasteiger partial charge >= 0.3 is 0 Å². The van der Waals surface area contributed by atoms with Gasteiger partial charge in [-0.15, -0.1) is 0 Å². The Morgan fingerprint density at radius 1 is 1.04 bits per heavy atom. The number of hydrogen-bond acceptors (Lipinski definition) is 4. The summed E-state index contributed by atoms with van der Waals surface area (Å²) in [5, 5.41) is 4.75. The Morgan fingerprint density at radius 2 is 1.92 bits per heavy atom. The van der Waals surface area contributed by atoms with Crippen LogP contribution in [0, 0.1) is 6.92 Å². The molecule has 1 fully saturated rings. The number of fused-ring (bicyclic) bond motifs is 1. The Hall–Kier alpha value is -2.46. The minimum Gasteiger partial charge on any atom is -0.373 e. The number of nitrogens with zero attached hydrogens (tertiary/aromatic N) is 2. The molecule has 1 aliphatic rings. The molecule has 4 rings (SSSR count). The van der Waals surface area contributed by atoms with Gasteiger partial charge in [0, 0.05) is 18.0 Å². The summed E-state index contributed by atoms with van der Waals surface area (Å²) in [4.78, 5) is 8.88. The smallest absolute Gasteiger partial charge is 0.137 e. The average Bonchev–Trinajstić information content (AvgIpc) is 2.63. The van der Waals surface area contributed by atoms with Gasteiger partial charge in [-0.25, -0.2) is 9.97 Å². The summed E-state index contributed by atoms with van der Waals surface area (Å²) in [6.07, 6.45) is 3.71. The third kappa shape index (κ3) is 2.97. The van der Waals surface area contributed by atoms with Crippen LogP contribution < -0.4 is 5.32 Å². The molecule has 0 aliphatic carbocycles. The Kier molecular flexibility index (Phi) is 4.13. The largest absolute Gasteiger partial charge is 0.373 e. The molecule has 3 aromatic rings. The highest BCUT2D eigenvalue weighted by Crippen LogP contribution is 2.31. The van der Waals surface area contributed by atoms with E-state index < -0.39 is 0 Å². The highest BCUT2D eigenvalue weighted by atomic mass is 16.5. The third-order valence-corrected chi connectivity index (χ3v) is 4.67. The van der Waals surface area contributed by atoms with Crippen molar-refractivity contribution in [1.29, 1.82) is 0 Å². The topological polar surface area (TPSA) is 47.0 Å². The van der Waals surface area contributed by atoms with Crippen LogP contribution >= 0.6 is 0 Å². The van der Waals surface area contributed by atoms with Crippen LogP contribution in [-0.4, -0.2) is 22.6 Å². The van der Waals surface area contributed by atoms with Crippen molar-refractivity contribution in [3.63, 3.8) is 0 Å². The second-order valence-electron chi connectivity index (χ2n) is 6.33. The molecule has 0 bridgehead atoms. The van der Waals surface area contributed by atoms with E-state index in [1.165, 1.54) is 11.1 Å². The first kappa shape index (κ1) is 15.1. The van der Waals surface area contributed by atoms with E-state index in [1.807, 2.05) is 18.2 Å². The first-order chi connectivity index (χ1) is 11.8. The van der Waals surface area contributed by atoms with E-state index in [2.05, 4.69) is 52.5 Å². The zero-order valence-corrected chi connectivity index (χ0v) is 13.8. The van der Waals surface area contributed by atoms with Crippen molar-refractivity contribution in [3.05, 3.63) is 66.0 Å². The molecule has 2 unspecified atom stereocenters. The van der Waals surface area contributed by atoms with Crippen LogP contribution in [0.1, 0.15) is 30.1 Å². The van der Waals surface area contributed by atoms with Crippen LogP contribution in [0.2, 0.25) is 0 Å². The minimum atomic E-state index is 0.145. The van der Waals surface area contributed by atoms with E-state index in [9.17, 15) is 0 Å². The van der Waals surface area contributed by atoms with Crippen LogP contribution in [-0.2, 0) is 4.74 Å². The van der Waals surface area contributed by atoms with Crippen molar-refractivity contribution in [2.75, 3.05) is 11.9 Å². The predicted molar refractivity (Wildman–Crippen MR) is 96.1 cm³/mol. The normalized spacial score (nSPS) is 20.9. The summed E-state index contributed by atoms with van der Waals surface area (Å²) in [6.45, 7) is 2.87. The Labute approximate surface area is 141 Å². The molecule has 2 aromatic carbocycles. The van der Waals surface area contributed by atoms with Gasteiger partial charge in [0.2, 0.25) is 0 Å². The number of benzene rings is 2. The summed E-state index contributed by atoms with van der Waals surface area (Å²) in [5.41, 5.74) is 3.43. The van der Waals surface area contributed by atoms with Crippen LogP contribution in [0.3, 0.4) is 0 Å². The van der Waals surface area contributed by atoms with E-state index in [0.29, 0.717) is 6.04 Å². The van der Waals surface area contributed by atoms with Crippen LogP contribution in [0.15, 0.2) is 54.9 Å². The fraction of sp³-hybridized carbons (Fsp3) is 0.300. The lowest BCUT2D eigenvalue weighted by atomic mass is 9.97. The van der Waals surface area contributed by atoms with Gasteiger partial charge in [0.15, 0.2) is 0 Å². The molecule has 4 nitrogen and oxygen atoms in total. The second kappa shape index (κ2) is 6.57. The minimum absolute atomic E-state index is 0.145. The molecule has 2 heterocycles. The van der Waals surface area contributed by atoms with Crippen LogP contribution in [0.25, 0.3) is 10.9 Å². The predicted octanol–water partition coefficient (Wildman–Crippen LogP) is 4.27. The summed E-state index contributed by atoms with van der Waals surface area (Å²) >= 11 is 0. The molecule has 2 atom stereocenters. The first-order valence-electron chi connectivity index (χ1n) is 8.44. The van der Waals surface area contributed by atoms with Crippen molar-refractivity contribution in [1.82, 2.24) is 9.97 Å². The van der Waals surface area contributed by atoms with E-state index in [-0.39, 0.29) is 6.10 Å². The van der Waals surface area contributed by atoms with Crippen LogP contribution in [0.5, 0.6) is 0 Å². The molecule has 1 N–H and O–H groups in total. The van der Waals surface area contributed by atoms with Gasteiger partial charge in [0.1, 0.15) is 12.1 Å². The van der Waals surface area contributed by atoms with Gasteiger partial charge < -0.3 is 10.1 Å². The molecular weight excluding hydrogens is 298 g/mol. The van der Waals surface area contributed by atoms with E-state index >= 15 is 0 Å². The molecule has 24 heavy (non-hydrogen) atoms. The van der Waals surface area contributed by atoms with Gasteiger partial charge in [0.05, 0.1) is 11.6 Å². The summed E-state index contributed by atoms with van der Waals surface area (Å²) in [5.74, 6) is 0.928. The van der Waals surface area contributed by atoms with E-state index in [1.54, 1.807) is 6.33 Å². The number of aryl methyl sites for hydroxylation is 1. The number of ether oxygens (including phenoxy) is 1. The van der Waals surface area contributed by atoms with Crippen molar-refractivity contribution < 1.29 is 4.74 Å². The fourth-order valence-corrected chi connectivity index (χ4v) is 3.41. The zero-order valence-electron chi connectivity index (χ0n) is 13.8. The lowest BCUT2D eigenvalue weighted by Gasteiger charge is -2.31. The number of nitrogens with one attached hydrogen (secondary N) is 1. The highest BCUT2D eigenvalue weighted by Gasteiger charge is 2.24. The Bertz CT molecular complexity index is 829. The number of hydrogen-bond donors (Lipinski definition) is 1. The van der Waals surface area contributed by atoms with Crippen molar-refractivity contribution >= 4 is 16.7 Å². The molecule has 0 spiro atoms. The third-order valence-electron chi connectivity index (χ3n) is 4.67. The average molecular weight is 319 g/mol. The van der Waals surface area contributed by atoms with Crippen molar-refractivity contribution in [2.45, 2.75) is 31.9 Å². The summed E-state index contributed by atoms with van der Waals surface area (Å²) in [7, 11) is 0. The molecule has 1 aromatic heterocycles. The van der Waals surface area contributed by atoms with Gasteiger partial charge in [-0.3, -0.25) is 0 Å². The Morgan fingerprint density at radius 3 is 2.79 bits per heavy atom.